The molecule has 3 heteroatoms. The Bertz CT molecular complexity index is 406. The molecule has 1 aromatic heterocycles. The van der Waals surface area contributed by atoms with Gasteiger partial charge in [0, 0.05) is 12.3 Å². The molecule has 0 aromatic carbocycles. The molecule has 0 fully saturated rings. The molecular formula is C23H43ClN2. The topological polar surface area (TPSA) is 12.9 Å². The number of nitrogens with zero attached hydrogens (tertiary/aromatic N) is 2. The van der Waals surface area contributed by atoms with Crippen LogP contribution in [-0.2, 0) is 0 Å². The van der Waals surface area contributed by atoms with Crippen molar-refractivity contribution in [2.24, 2.45) is 0 Å². The van der Waals surface area contributed by atoms with Crippen LogP contribution in [0.25, 0.3) is 0 Å². The van der Waals surface area contributed by atoms with Crippen LogP contribution in [0.15, 0.2) is 24.4 Å². The number of rotatable bonds is 16. The molecule has 0 bridgehead atoms. The molecule has 0 radical (unpaired) electrons. The Balaban J connectivity index is 0.00000625. The van der Waals surface area contributed by atoms with E-state index >= 15 is 0 Å². The average molecular weight is 383 g/mol. The number of pyridine rings is 1. The highest BCUT2D eigenvalue weighted by atomic mass is 35.5. The summed E-state index contributed by atoms with van der Waals surface area (Å²) in [5, 5.41) is 0. The molecule has 1 rings (SSSR count). The Morgan fingerprint density at radius 3 is 1.58 bits per heavy atom. The molecule has 2 nitrogen and oxygen atoms in total. The first kappa shape index (κ1) is 25.4. The van der Waals surface area contributed by atoms with E-state index in [1.807, 2.05) is 12.3 Å². The lowest BCUT2D eigenvalue weighted by Gasteiger charge is -2.27. The fourth-order valence-corrected chi connectivity index (χ4v) is 3.53. The normalized spacial score (nSPS) is 11.3. The molecule has 0 saturated heterocycles. The summed E-state index contributed by atoms with van der Waals surface area (Å²) < 4.78 is 0.902. The van der Waals surface area contributed by atoms with Crippen molar-refractivity contribution in [2.75, 3.05) is 20.6 Å². The minimum atomic E-state index is 0. The van der Waals surface area contributed by atoms with E-state index < -0.39 is 0 Å². The van der Waals surface area contributed by atoms with Crippen LogP contribution in [0.3, 0.4) is 0 Å². The lowest BCUT2D eigenvalue weighted by Crippen LogP contribution is -3.00. The predicted octanol–water partition coefficient (Wildman–Crippen LogP) is 4.13. The van der Waals surface area contributed by atoms with Crippen molar-refractivity contribution in [3.63, 3.8) is 0 Å². The third-order valence-electron chi connectivity index (χ3n) is 5.34. The number of halogens is 1. The molecule has 26 heavy (non-hydrogen) atoms. The Labute approximate surface area is 169 Å². The molecule has 0 amide bonds. The summed E-state index contributed by atoms with van der Waals surface area (Å²) >= 11 is 0. The molecule has 0 atom stereocenters. The van der Waals surface area contributed by atoms with Crippen LogP contribution in [0.2, 0.25) is 0 Å². The summed E-state index contributed by atoms with van der Waals surface area (Å²) in [4.78, 5) is 4.51. The van der Waals surface area contributed by atoms with Gasteiger partial charge in [-0.05, 0) is 18.9 Å². The van der Waals surface area contributed by atoms with Gasteiger partial charge in [0.05, 0.1) is 20.6 Å². The van der Waals surface area contributed by atoms with Crippen LogP contribution in [0.1, 0.15) is 96.8 Å². The van der Waals surface area contributed by atoms with Gasteiger partial charge in [-0.15, -0.1) is 0 Å². The molecule has 0 spiro atoms. The Kier molecular flexibility index (Phi) is 16.2. The summed E-state index contributed by atoms with van der Waals surface area (Å²) in [6.07, 6.45) is 21.8. The molecule has 0 aliphatic carbocycles. The van der Waals surface area contributed by atoms with E-state index in [0.29, 0.717) is 0 Å². The lowest BCUT2D eigenvalue weighted by molar-refractivity contribution is -0.00000567. The van der Waals surface area contributed by atoms with Gasteiger partial charge in [0.25, 0.3) is 0 Å². The fourth-order valence-electron chi connectivity index (χ4n) is 3.53. The SMILES string of the molecule is CCCCCCCCCCCCCCCC[N+](C)(C)c1ccccn1.[Cl-]. The zero-order valence-electron chi connectivity index (χ0n) is 17.7. The van der Waals surface area contributed by atoms with Crippen molar-refractivity contribution in [3.05, 3.63) is 24.4 Å². The van der Waals surface area contributed by atoms with E-state index in [9.17, 15) is 0 Å². The fraction of sp³-hybridized carbons (Fsp3) is 0.783. The summed E-state index contributed by atoms with van der Waals surface area (Å²) in [6.45, 7) is 3.48. The molecule has 152 valence electrons. The second-order valence-corrected chi connectivity index (χ2v) is 8.19. The van der Waals surface area contributed by atoms with Gasteiger partial charge in [-0.3, -0.25) is 4.48 Å². The van der Waals surface area contributed by atoms with Crippen molar-refractivity contribution >= 4 is 5.82 Å². The van der Waals surface area contributed by atoms with Crippen molar-refractivity contribution in [3.8, 4) is 0 Å². The first-order valence-electron chi connectivity index (χ1n) is 10.9. The lowest BCUT2D eigenvalue weighted by atomic mass is 10.0. The molecule has 0 N–H and O–H groups in total. The molecule has 0 saturated carbocycles. The van der Waals surface area contributed by atoms with Gasteiger partial charge in [0.2, 0.25) is 5.82 Å². The van der Waals surface area contributed by atoms with Crippen LogP contribution in [-0.4, -0.2) is 25.6 Å². The van der Waals surface area contributed by atoms with E-state index in [1.54, 1.807) is 0 Å². The van der Waals surface area contributed by atoms with E-state index in [1.165, 1.54) is 102 Å². The number of quaternary nitrogens is 1. The standard InChI is InChI=1S/C23H43N2.ClH/c1-4-5-6-7-8-9-10-11-12-13-14-15-16-19-22-25(2,3)23-20-17-18-21-24-23;/h17-18,20-21H,4-16,19,22H2,1-3H3;1H/q+1;/p-1. The van der Waals surface area contributed by atoms with Crippen molar-refractivity contribution in [2.45, 2.75) is 96.8 Å². The number of unbranched alkanes of at least 4 members (excludes halogenated alkanes) is 13. The van der Waals surface area contributed by atoms with Gasteiger partial charge in [-0.25, -0.2) is 4.98 Å². The van der Waals surface area contributed by atoms with Crippen LogP contribution in [0.4, 0.5) is 5.82 Å². The largest absolute Gasteiger partial charge is 1.00 e. The maximum absolute atomic E-state index is 4.51. The Hall–Kier alpha value is -0.600. The Morgan fingerprint density at radius 1 is 0.692 bits per heavy atom. The van der Waals surface area contributed by atoms with Gasteiger partial charge in [0.1, 0.15) is 0 Å². The smallest absolute Gasteiger partial charge is 0.227 e. The van der Waals surface area contributed by atoms with Crippen LogP contribution >= 0.6 is 0 Å². The number of hydrogen-bond acceptors (Lipinski definition) is 1. The van der Waals surface area contributed by atoms with Crippen molar-refractivity contribution in [1.82, 2.24) is 9.47 Å². The summed E-state index contributed by atoms with van der Waals surface area (Å²) in [6, 6.07) is 6.23. The third-order valence-corrected chi connectivity index (χ3v) is 5.34. The number of aromatic nitrogens is 1. The highest BCUT2D eigenvalue weighted by Gasteiger charge is 2.18. The maximum Gasteiger partial charge on any atom is 0.227 e. The predicted molar refractivity (Wildman–Crippen MR) is 113 cm³/mol. The van der Waals surface area contributed by atoms with E-state index in [-0.39, 0.29) is 12.4 Å². The summed E-state index contributed by atoms with van der Waals surface area (Å²) in [5.74, 6) is 1.18. The average Bonchev–Trinajstić information content (AvgIpc) is 2.63. The van der Waals surface area contributed by atoms with Crippen molar-refractivity contribution < 1.29 is 12.4 Å². The highest BCUT2D eigenvalue weighted by Crippen LogP contribution is 2.17. The quantitative estimate of drug-likeness (QED) is 0.309. The molecule has 0 unspecified atom stereocenters. The van der Waals surface area contributed by atoms with Gasteiger partial charge >= 0.3 is 0 Å². The van der Waals surface area contributed by atoms with Crippen LogP contribution in [0.5, 0.6) is 0 Å². The van der Waals surface area contributed by atoms with Gasteiger partial charge in [-0.2, -0.15) is 0 Å². The first-order chi connectivity index (χ1) is 12.2. The molecular weight excluding hydrogens is 340 g/mol. The minimum absolute atomic E-state index is 0. The Morgan fingerprint density at radius 2 is 1.15 bits per heavy atom. The van der Waals surface area contributed by atoms with Gasteiger partial charge < -0.3 is 12.4 Å². The zero-order valence-corrected chi connectivity index (χ0v) is 18.4. The zero-order chi connectivity index (χ0) is 18.2. The summed E-state index contributed by atoms with van der Waals surface area (Å²) in [5.41, 5.74) is 0. The number of hydrogen-bond donors (Lipinski definition) is 0. The molecule has 1 heterocycles. The first-order valence-corrected chi connectivity index (χ1v) is 10.9. The van der Waals surface area contributed by atoms with Crippen molar-refractivity contribution in [1.29, 1.82) is 0 Å². The molecule has 0 aliphatic heterocycles. The monoisotopic (exact) mass is 382 g/mol. The van der Waals surface area contributed by atoms with Gasteiger partial charge in [-0.1, -0.05) is 90.0 Å². The van der Waals surface area contributed by atoms with E-state index in [2.05, 4.69) is 38.1 Å². The third kappa shape index (κ3) is 12.7. The molecule has 0 aliphatic rings. The second kappa shape index (κ2) is 16.6. The molecule has 1 aromatic rings. The second-order valence-electron chi connectivity index (χ2n) is 8.19. The maximum atomic E-state index is 4.51. The van der Waals surface area contributed by atoms with Gasteiger partial charge in [0.15, 0.2) is 0 Å². The minimum Gasteiger partial charge on any atom is -1.00 e. The van der Waals surface area contributed by atoms with E-state index in [4.69, 9.17) is 0 Å². The van der Waals surface area contributed by atoms with Crippen LogP contribution < -0.4 is 16.9 Å². The van der Waals surface area contributed by atoms with Crippen LogP contribution in [0, 0.1) is 0 Å². The summed E-state index contributed by atoms with van der Waals surface area (Å²) in [7, 11) is 4.54. The van der Waals surface area contributed by atoms with E-state index in [0.717, 1.165) is 4.48 Å². The highest BCUT2D eigenvalue weighted by molar-refractivity contribution is 5.31.